The van der Waals surface area contributed by atoms with Crippen molar-refractivity contribution in [2.75, 3.05) is 12.4 Å². The summed E-state index contributed by atoms with van der Waals surface area (Å²) in [5.41, 5.74) is 0.458. The maximum atomic E-state index is 12.6. The maximum absolute atomic E-state index is 12.6. The van der Waals surface area contributed by atoms with Gasteiger partial charge in [-0.15, -0.1) is 0 Å². The van der Waals surface area contributed by atoms with Crippen LogP contribution in [0.15, 0.2) is 24.3 Å². The number of ether oxygens (including phenoxy) is 1. The molecule has 3 nitrogen and oxygen atoms in total. The highest BCUT2D eigenvalue weighted by molar-refractivity contribution is 5.95. The Kier molecular flexibility index (Phi) is 5.61. The zero-order valence-electron chi connectivity index (χ0n) is 13.5. The van der Waals surface area contributed by atoms with Gasteiger partial charge in [0, 0.05) is 11.1 Å². The van der Waals surface area contributed by atoms with Gasteiger partial charge in [-0.3, -0.25) is 4.79 Å². The van der Waals surface area contributed by atoms with Crippen molar-refractivity contribution in [1.82, 2.24) is 0 Å². The number of methoxy groups -OCH3 is 1. The molecule has 1 aromatic carbocycles. The van der Waals surface area contributed by atoms with E-state index in [2.05, 4.69) is 39.9 Å². The lowest BCUT2D eigenvalue weighted by Gasteiger charge is -2.34. The Balaban J connectivity index is 2.85. The van der Waals surface area contributed by atoms with Gasteiger partial charge in [-0.2, -0.15) is 0 Å². The Labute approximate surface area is 122 Å². The molecular formula is C17H27NO2. The van der Waals surface area contributed by atoms with Gasteiger partial charge in [-0.1, -0.05) is 34.6 Å². The van der Waals surface area contributed by atoms with Crippen molar-refractivity contribution < 1.29 is 9.53 Å². The Morgan fingerprint density at radius 2 is 1.75 bits per heavy atom. The van der Waals surface area contributed by atoms with Crippen LogP contribution >= 0.6 is 0 Å². The molecule has 0 fully saturated rings. The predicted molar refractivity (Wildman–Crippen MR) is 84.0 cm³/mol. The molecule has 0 aromatic heterocycles. The second-order valence-electron chi connectivity index (χ2n) is 6.35. The van der Waals surface area contributed by atoms with Crippen molar-refractivity contribution >= 4 is 11.6 Å². The number of anilines is 1. The molecule has 0 radical (unpaired) electrons. The summed E-state index contributed by atoms with van der Waals surface area (Å²) in [7, 11) is 1.63. The van der Waals surface area contributed by atoms with Crippen LogP contribution in [-0.2, 0) is 4.79 Å². The molecule has 0 heterocycles. The summed E-state index contributed by atoms with van der Waals surface area (Å²) in [6.07, 6.45) is 0.882. The van der Waals surface area contributed by atoms with Crippen LogP contribution in [0.4, 0.5) is 5.69 Å². The zero-order chi connectivity index (χ0) is 15.3. The first kappa shape index (κ1) is 16.5. The fraction of sp³-hybridized carbons (Fsp3) is 0.588. The molecule has 20 heavy (non-hydrogen) atoms. The lowest BCUT2D eigenvalue weighted by Crippen LogP contribution is -2.39. The second kappa shape index (κ2) is 6.78. The zero-order valence-corrected chi connectivity index (χ0v) is 13.5. The Hall–Kier alpha value is -1.51. The molecule has 0 aliphatic carbocycles. The number of hydrogen-bond donors (Lipinski definition) is 1. The number of carbonyl (C=O) groups excluding carboxylic acids is 1. The van der Waals surface area contributed by atoms with Crippen molar-refractivity contribution in [3.63, 3.8) is 0 Å². The second-order valence-corrected chi connectivity index (χ2v) is 6.35. The minimum Gasteiger partial charge on any atom is -0.497 e. The van der Waals surface area contributed by atoms with E-state index < -0.39 is 0 Å². The van der Waals surface area contributed by atoms with E-state index in [0.717, 1.165) is 17.9 Å². The van der Waals surface area contributed by atoms with E-state index in [1.807, 2.05) is 24.3 Å². The first-order chi connectivity index (χ1) is 9.29. The summed E-state index contributed by atoms with van der Waals surface area (Å²) in [5.74, 6) is 1.66. The van der Waals surface area contributed by atoms with E-state index in [9.17, 15) is 4.79 Å². The molecule has 1 amide bonds. The largest absolute Gasteiger partial charge is 0.497 e. The van der Waals surface area contributed by atoms with Gasteiger partial charge in [0.25, 0.3) is 0 Å². The quantitative estimate of drug-likeness (QED) is 0.840. The normalized spacial score (nSPS) is 14.2. The number of amides is 1. The van der Waals surface area contributed by atoms with Gasteiger partial charge >= 0.3 is 0 Å². The Morgan fingerprint density at radius 1 is 1.20 bits per heavy atom. The SMILES string of the molecule is COc1ccc(NC(=O)C(C)(CC(C)C)C(C)C)cc1. The van der Waals surface area contributed by atoms with Crippen molar-refractivity contribution in [2.45, 2.75) is 41.0 Å². The van der Waals surface area contributed by atoms with Gasteiger partial charge < -0.3 is 10.1 Å². The van der Waals surface area contributed by atoms with Gasteiger partial charge in [0.15, 0.2) is 0 Å². The number of carbonyl (C=O) groups is 1. The summed E-state index contributed by atoms with van der Waals surface area (Å²) in [4.78, 5) is 12.6. The van der Waals surface area contributed by atoms with Gasteiger partial charge in [-0.05, 0) is 42.5 Å². The first-order valence-electron chi connectivity index (χ1n) is 7.25. The molecule has 0 saturated carbocycles. The van der Waals surface area contributed by atoms with E-state index in [1.165, 1.54) is 0 Å². The topological polar surface area (TPSA) is 38.3 Å². The standard InChI is InChI=1S/C17H27NO2/c1-12(2)11-17(5,13(3)4)16(19)18-14-7-9-15(20-6)10-8-14/h7-10,12-13H,11H2,1-6H3,(H,18,19). The third kappa shape index (κ3) is 3.99. The molecule has 112 valence electrons. The summed E-state index contributed by atoms with van der Waals surface area (Å²) in [6.45, 7) is 10.6. The number of nitrogens with one attached hydrogen (secondary N) is 1. The minimum atomic E-state index is -0.353. The van der Waals surface area contributed by atoms with E-state index in [4.69, 9.17) is 4.74 Å². The van der Waals surface area contributed by atoms with Gasteiger partial charge in [0.1, 0.15) is 5.75 Å². The van der Waals surface area contributed by atoms with Gasteiger partial charge in [0.05, 0.1) is 7.11 Å². The third-order valence-electron chi connectivity index (χ3n) is 3.97. The summed E-state index contributed by atoms with van der Waals surface area (Å²) in [5, 5.41) is 3.03. The van der Waals surface area contributed by atoms with Crippen LogP contribution in [-0.4, -0.2) is 13.0 Å². The maximum Gasteiger partial charge on any atom is 0.230 e. The van der Waals surface area contributed by atoms with Crippen LogP contribution in [0.2, 0.25) is 0 Å². The van der Waals surface area contributed by atoms with E-state index in [0.29, 0.717) is 11.8 Å². The van der Waals surface area contributed by atoms with Crippen LogP contribution in [0.1, 0.15) is 41.0 Å². The van der Waals surface area contributed by atoms with Crippen LogP contribution in [0.5, 0.6) is 5.75 Å². The molecule has 1 rings (SSSR count). The first-order valence-corrected chi connectivity index (χ1v) is 7.25. The summed E-state index contributed by atoms with van der Waals surface area (Å²) >= 11 is 0. The fourth-order valence-corrected chi connectivity index (χ4v) is 2.39. The summed E-state index contributed by atoms with van der Waals surface area (Å²) in [6, 6.07) is 7.44. The molecule has 0 bridgehead atoms. The van der Waals surface area contributed by atoms with Crippen LogP contribution in [0.25, 0.3) is 0 Å². The molecule has 3 heteroatoms. The highest BCUT2D eigenvalue weighted by atomic mass is 16.5. The average molecular weight is 277 g/mol. The molecular weight excluding hydrogens is 250 g/mol. The van der Waals surface area contributed by atoms with Crippen LogP contribution in [0, 0.1) is 17.3 Å². The minimum absolute atomic E-state index is 0.0892. The van der Waals surface area contributed by atoms with Crippen molar-refractivity contribution in [3.05, 3.63) is 24.3 Å². The van der Waals surface area contributed by atoms with E-state index in [1.54, 1.807) is 7.11 Å². The Morgan fingerprint density at radius 3 is 2.15 bits per heavy atom. The number of rotatable bonds is 6. The molecule has 1 atom stereocenters. The number of benzene rings is 1. The lowest BCUT2D eigenvalue weighted by molar-refractivity contribution is -0.128. The molecule has 1 aromatic rings. The summed E-state index contributed by atoms with van der Waals surface area (Å²) < 4.78 is 5.12. The Bertz CT molecular complexity index is 437. The molecule has 1 unspecified atom stereocenters. The molecule has 0 aliphatic rings. The average Bonchev–Trinajstić information content (AvgIpc) is 2.38. The fourth-order valence-electron chi connectivity index (χ4n) is 2.39. The monoisotopic (exact) mass is 277 g/mol. The van der Waals surface area contributed by atoms with Crippen LogP contribution in [0.3, 0.4) is 0 Å². The highest BCUT2D eigenvalue weighted by Crippen LogP contribution is 2.35. The number of hydrogen-bond acceptors (Lipinski definition) is 2. The van der Waals surface area contributed by atoms with Crippen LogP contribution < -0.4 is 10.1 Å². The van der Waals surface area contributed by atoms with E-state index in [-0.39, 0.29) is 11.3 Å². The third-order valence-corrected chi connectivity index (χ3v) is 3.97. The lowest BCUT2D eigenvalue weighted by atomic mass is 9.72. The van der Waals surface area contributed by atoms with E-state index >= 15 is 0 Å². The smallest absolute Gasteiger partial charge is 0.230 e. The molecule has 0 aliphatic heterocycles. The highest BCUT2D eigenvalue weighted by Gasteiger charge is 2.37. The van der Waals surface area contributed by atoms with Crippen molar-refractivity contribution in [3.8, 4) is 5.75 Å². The van der Waals surface area contributed by atoms with Crippen molar-refractivity contribution in [2.24, 2.45) is 17.3 Å². The van der Waals surface area contributed by atoms with Gasteiger partial charge in [-0.25, -0.2) is 0 Å². The molecule has 0 saturated heterocycles. The van der Waals surface area contributed by atoms with Crippen molar-refractivity contribution in [1.29, 1.82) is 0 Å². The van der Waals surface area contributed by atoms with Gasteiger partial charge in [0.2, 0.25) is 5.91 Å². The molecule has 1 N–H and O–H groups in total. The molecule has 0 spiro atoms. The predicted octanol–water partition coefficient (Wildman–Crippen LogP) is 4.34.